The quantitative estimate of drug-likeness (QED) is 0.405. The average Bonchev–Trinajstić information content (AvgIpc) is 3.09. The summed E-state index contributed by atoms with van der Waals surface area (Å²) in [4.78, 5) is 48.8. The minimum absolute atomic E-state index is 0.0292. The van der Waals surface area contributed by atoms with Crippen LogP contribution >= 0.6 is 0 Å². The molecule has 3 amide bonds. The van der Waals surface area contributed by atoms with Gasteiger partial charge in [-0.15, -0.1) is 0 Å². The predicted molar refractivity (Wildman–Crippen MR) is 176 cm³/mol. The lowest BCUT2D eigenvalue weighted by molar-refractivity contribution is 0.0663. The molecule has 2 N–H and O–H groups in total. The van der Waals surface area contributed by atoms with Gasteiger partial charge in [0.25, 0.3) is 5.91 Å². The number of nitrogens with zero attached hydrogens (tertiary/aromatic N) is 7. The summed E-state index contributed by atoms with van der Waals surface area (Å²) >= 11 is 0. The Hall–Kier alpha value is -4.29. The van der Waals surface area contributed by atoms with Crippen LogP contribution in [0.5, 0.6) is 0 Å². The second-order valence-corrected chi connectivity index (χ2v) is 12.1. The molecule has 1 aromatic heterocycles. The van der Waals surface area contributed by atoms with Crippen molar-refractivity contribution < 1.29 is 14.3 Å². The maximum Gasteiger partial charge on any atom is 0.323 e. The maximum absolute atomic E-state index is 13.0. The van der Waals surface area contributed by atoms with E-state index in [1.54, 1.807) is 24.3 Å². The molecule has 238 valence electrons. The summed E-state index contributed by atoms with van der Waals surface area (Å²) < 4.78 is 5.53. The van der Waals surface area contributed by atoms with Crippen molar-refractivity contribution in [3.05, 3.63) is 54.1 Å². The summed E-state index contributed by atoms with van der Waals surface area (Å²) in [7, 11) is 4.17. The van der Waals surface area contributed by atoms with Gasteiger partial charge in [-0.05, 0) is 94.7 Å². The highest BCUT2D eigenvalue weighted by molar-refractivity contribution is 6.00. The number of aromatic nitrogens is 3. The molecule has 12 heteroatoms. The first kappa shape index (κ1) is 30.7. The number of carbonyl (C=O) groups excluding carboxylic acids is 2. The van der Waals surface area contributed by atoms with Crippen molar-refractivity contribution in [2.24, 2.45) is 0 Å². The summed E-state index contributed by atoms with van der Waals surface area (Å²) in [6.45, 7) is 6.20. The van der Waals surface area contributed by atoms with Gasteiger partial charge in [0, 0.05) is 67.8 Å². The van der Waals surface area contributed by atoms with Gasteiger partial charge >= 0.3 is 6.03 Å². The van der Waals surface area contributed by atoms with Crippen molar-refractivity contribution in [2.75, 3.05) is 87.0 Å². The Morgan fingerprint density at radius 2 is 1.29 bits per heavy atom. The number of rotatable bonds is 7. The average molecular weight is 614 g/mol. The largest absolute Gasteiger partial charge is 0.378 e. The first-order valence-electron chi connectivity index (χ1n) is 16.0. The van der Waals surface area contributed by atoms with Crippen LogP contribution in [0.2, 0.25) is 0 Å². The maximum atomic E-state index is 13.0. The molecule has 3 aliphatic heterocycles. The van der Waals surface area contributed by atoms with Crippen LogP contribution < -0.4 is 20.4 Å². The number of nitrogens with one attached hydrogen (secondary N) is 2. The first-order chi connectivity index (χ1) is 21.9. The van der Waals surface area contributed by atoms with Crippen LogP contribution in [0.15, 0.2) is 48.5 Å². The van der Waals surface area contributed by atoms with E-state index >= 15 is 0 Å². The van der Waals surface area contributed by atoms with Gasteiger partial charge in [-0.25, -0.2) is 4.79 Å². The monoisotopic (exact) mass is 613 g/mol. The highest BCUT2D eigenvalue weighted by Gasteiger charge is 2.25. The van der Waals surface area contributed by atoms with E-state index in [0.717, 1.165) is 70.5 Å². The molecule has 0 aliphatic carbocycles. The van der Waals surface area contributed by atoms with E-state index in [4.69, 9.17) is 19.7 Å². The molecular formula is C33H43N9O3. The lowest BCUT2D eigenvalue weighted by Crippen LogP contribution is -2.44. The highest BCUT2D eigenvalue weighted by Crippen LogP contribution is 2.25. The molecule has 2 aromatic carbocycles. The Morgan fingerprint density at radius 3 is 1.87 bits per heavy atom. The standard InChI is InChI=1S/C33H43N9O3/c1-39(2)28-14-18-40(19-15-28)30(43)25-8-12-27(13-9-25)35-33(44)34-26-10-6-24(7-11-26)29-36-31(41-16-4-3-5-17-41)38-32(37-29)42-20-22-45-23-21-42/h6-13,28H,3-5,14-23H2,1-2H3,(H2,34,35,44). The molecule has 6 rings (SSSR count). The van der Waals surface area contributed by atoms with Crippen LogP contribution in [0.25, 0.3) is 11.4 Å². The van der Waals surface area contributed by atoms with Crippen LogP contribution in [0.3, 0.4) is 0 Å². The zero-order valence-corrected chi connectivity index (χ0v) is 26.2. The molecule has 0 spiro atoms. The van der Waals surface area contributed by atoms with Crippen molar-refractivity contribution in [1.82, 2.24) is 24.8 Å². The molecule has 0 bridgehead atoms. The van der Waals surface area contributed by atoms with Crippen LogP contribution in [0.4, 0.5) is 28.1 Å². The Bertz CT molecular complexity index is 1410. The van der Waals surface area contributed by atoms with Gasteiger partial charge in [0.2, 0.25) is 11.9 Å². The van der Waals surface area contributed by atoms with E-state index < -0.39 is 0 Å². The zero-order chi connectivity index (χ0) is 31.2. The molecule has 0 unspecified atom stereocenters. The smallest absolute Gasteiger partial charge is 0.323 e. The van der Waals surface area contributed by atoms with E-state index in [9.17, 15) is 9.59 Å². The number of likely N-dealkylation sites (tertiary alicyclic amines) is 1. The third-order valence-electron chi connectivity index (χ3n) is 8.82. The topological polar surface area (TPSA) is 119 Å². The van der Waals surface area contributed by atoms with Crippen LogP contribution in [-0.4, -0.2) is 109 Å². The van der Waals surface area contributed by atoms with E-state index in [1.807, 2.05) is 29.2 Å². The van der Waals surface area contributed by atoms with Gasteiger partial charge in [-0.2, -0.15) is 15.0 Å². The molecular weight excluding hydrogens is 570 g/mol. The fraction of sp³-hybridized carbons (Fsp3) is 0.485. The van der Waals surface area contributed by atoms with Crippen molar-refractivity contribution in [1.29, 1.82) is 0 Å². The fourth-order valence-corrected chi connectivity index (χ4v) is 6.08. The Labute approximate surface area is 264 Å². The number of morpholine rings is 1. The second-order valence-electron chi connectivity index (χ2n) is 12.1. The van der Waals surface area contributed by atoms with Crippen molar-refractivity contribution in [3.8, 4) is 11.4 Å². The summed E-state index contributed by atoms with van der Waals surface area (Å²) in [6.07, 6.45) is 5.45. The molecule has 0 radical (unpaired) electrons. The summed E-state index contributed by atoms with van der Waals surface area (Å²) in [5, 5.41) is 5.74. The van der Waals surface area contributed by atoms with Crippen molar-refractivity contribution in [3.63, 3.8) is 0 Å². The van der Waals surface area contributed by atoms with E-state index in [-0.39, 0.29) is 11.9 Å². The molecule has 3 aromatic rings. The predicted octanol–water partition coefficient (Wildman–Crippen LogP) is 4.18. The molecule has 3 aliphatic rings. The van der Waals surface area contributed by atoms with Gasteiger partial charge in [0.15, 0.2) is 5.82 Å². The van der Waals surface area contributed by atoms with E-state index in [0.29, 0.717) is 53.9 Å². The van der Waals surface area contributed by atoms with E-state index in [1.165, 1.54) is 6.42 Å². The number of benzene rings is 2. The van der Waals surface area contributed by atoms with Gasteiger partial charge in [-0.3, -0.25) is 4.79 Å². The fourth-order valence-electron chi connectivity index (χ4n) is 6.08. The number of hydrogen-bond donors (Lipinski definition) is 2. The number of carbonyl (C=O) groups is 2. The number of ether oxygens (including phenoxy) is 1. The Kier molecular flexibility index (Phi) is 9.70. The number of urea groups is 1. The number of amides is 3. The van der Waals surface area contributed by atoms with Crippen LogP contribution in [0.1, 0.15) is 42.5 Å². The third kappa shape index (κ3) is 7.69. The van der Waals surface area contributed by atoms with Crippen LogP contribution in [-0.2, 0) is 4.74 Å². The van der Waals surface area contributed by atoms with Gasteiger partial charge in [-0.1, -0.05) is 0 Å². The lowest BCUT2D eigenvalue weighted by Gasteiger charge is -2.35. The molecule has 12 nitrogen and oxygen atoms in total. The summed E-state index contributed by atoms with van der Waals surface area (Å²) in [5.74, 6) is 2.03. The number of anilines is 4. The lowest BCUT2D eigenvalue weighted by atomic mass is 10.0. The normalized spacial score (nSPS) is 17.8. The minimum Gasteiger partial charge on any atom is -0.378 e. The molecule has 0 saturated carbocycles. The van der Waals surface area contributed by atoms with Gasteiger partial charge in [0.05, 0.1) is 13.2 Å². The second kappa shape index (κ2) is 14.2. The number of piperidine rings is 2. The Morgan fingerprint density at radius 1 is 0.733 bits per heavy atom. The minimum atomic E-state index is -0.366. The van der Waals surface area contributed by atoms with Gasteiger partial charge < -0.3 is 35.0 Å². The molecule has 3 fully saturated rings. The summed E-state index contributed by atoms with van der Waals surface area (Å²) in [5.41, 5.74) is 2.72. The molecule has 0 atom stereocenters. The van der Waals surface area contributed by atoms with E-state index in [2.05, 4.69) is 39.4 Å². The van der Waals surface area contributed by atoms with Crippen molar-refractivity contribution >= 4 is 35.2 Å². The molecule has 4 heterocycles. The van der Waals surface area contributed by atoms with Crippen molar-refractivity contribution in [2.45, 2.75) is 38.1 Å². The SMILES string of the molecule is CN(C)C1CCN(C(=O)c2ccc(NC(=O)Nc3ccc(-c4nc(N5CCCCC5)nc(N5CCOCC5)n4)cc3)cc2)CC1. The number of hydrogen-bond acceptors (Lipinski definition) is 9. The third-order valence-corrected chi connectivity index (χ3v) is 8.82. The molecule has 3 saturated heterocycles. The first-order valence-corrected chi connectivity index (χ1v) is 16.0. The van der Waals surface area contributed by atoms with Gasteiger partial charge in [0.1, 0.15) is 0 Å². The highest BCUT2D eigenvalue weighted by atomic mass is 16.5. The molecule has 45 heavy (non-hydrogen) atoms. The van der Waals surface area contributed by atoms with Crippen LogP contribution in [0, 0.1) is 0 Å². The summed E-state index contributed by atoms with van der Waals surface area (Å²) in [6, 6.07) is 14.7. The Balaban J connectivity index is 1.07. The zero-order valence-electron chi connectivity index (χ0n) is 26.2.